The molecule has 0 spiro atoms. The van der Waals surface area contributed by atoms with E-state index < -0.39 is 17.3 Å². The van der Waals surface area contributed by atoms with E-state index in [0.717, 1.165) is 38.5 Å². The highest BCUT2D eigenvalue weighted by Gasteiger charge is 2.38. The third-order valence-corrected chi connectivity index (χ3v) is 4.84. The lowest BCUT2D eigenvalue weighted by Gasteiger charge is -2.28. The van der Waals surface area contributed by atoms with E-state index in [1.54, 1.807) is 0 Å². The van der Waals surface area contributed by atoms with E-state index in [1.165, 1.54) is 12.8 Å². The third-order valence-electron chi connectivity index (χ3n) is 4.84. The van der Waals surface area contributed by atoms with Crippen molar-refractivity contribution in [1.29, 1.82) is 0 Å². The van der Waals surface area contributed by atoms with Crippen molar-refractivity contribution in [1.82, 2.24) is 0 Å². The summed E-state index contributed by atoms with van der Waals surface area (Å²) in [6.45, 7) is 8.80. The average Bonchev–Trinajstić information content (AvgIpc) is 2.44. The van der Waals surface area contributed by atoms with Crippen LogP contribution in [-0.4, -0.2) is 17.0 Å². The molecule has 0 radical (unpaired) electrons. The molecule has 0 unspecified atom stereocenters. The summed E-state index contributed by atoms with van der Waals surface area (Å²) in [4.78, 5) is 23.3. The first-order chi connectivity index (χ1) is 11.2. The van der Waals surface area contributed by atoms with Gasteiger partial charge in [-0.2, -0.15) is 0 Å². The summed E-state index contributed by atoms with van der Waals surface area (Å²) in [5, 5.41) is 9.75. The molecule has 0 aromatic carbocycles. The van der Waals surface area contributed by atoms with Gasteiger partial charge in [-0.25, -0.2) is 0 Å². The van der Waals surface area contributed by atoms with Gasteiger partial charge in [-0.05, 0) is 24.7 Å². The molecule has 4 nitrogen and oxygen atoms in total. The lowest BCUT2D eigenvalue weighted by molar-refractivity contribution is -0.152. The molecule has 0 fully saturated rings. The number of primary amides is 1. The highest BCUT2D eigenvalue weighted by Crippen LogP contribution is 2.36. The lowest BCUT2D eigenvalue weighted by Crippen LogP contribution is -2.36. The van der Waals surface area contributed by atoms with Crippen molar-refractivity contribution < 1.29 is 14.7 Å². The highest BCUT2D eigenvalue weighted by atomic mass is 16.4. The zero-order valence-corrected chi connectivity index (χ0v) is 16.3. The van der Waals surface area contributed by atoms with E-state index in [1.807, 2.05) is 0 Å². The van der Waals surface area contributed by atoms with E-state index in [4.69, 9.17) is 5.73 Å². The van der Waals surface area contributed by atoms with Crippen molar-refractivity contribution in [3.05, 3.63) is 0 Å². The van der Waals surface area contributed by atoms with Gasteiger partial charge in [0.15, 0.2) is 0 Å². The Balaban J connectivity index is 4.51. The van der Waals surface area contributed by atoms with Crippen LogP contribution in [0, 0.1) is 17.3 Å². The van der Waals surface area contributed by atoms with Crippen LogP contribution in [0.15, 0.2) is 0 Å². The fraction of sp³-hybridized carbons (Fsp3) is 0.900. The molecule has 0 aliphatic rings. The minimum atomic E-state index is -0.957. The summed E-state index contributed by atoms with van der Waals surface area (Å²) >= 11 is 0. The van der Waals surface area contributed by atoms with Gasteiger partial charge in [-0.1, -0.05) is 79.1 Å². The van der Waals surface area contributed by atoms with Crippen molar-refractivity contribution in [2.45, 2.75) is 98.3 Å². The normalized spacial score (nSPS) is 12.1. The first-order valence-electron chi connectivity index (χ1n) is 9.71. The molecule has 0 aliphatic carbocycles. The largest absolute Gasteiger partial charge is 0.481 e. The van der Waals surface area contributed by atoms with Gasteiger partial charge in [0, 0.05) is 6.42 Å². The van der Waals surface area contributed by atoms with Gasteiger partial charge in [0.05, 0.1) is 5.41 Å². The fourth-order valence-electron chi connectivity index (χ4n) is 3.31. The van der Waals surface area contributed by atoms with Crippen LogP contribution in [0.1, 0.15) is 98.3 Å². The number of carbonyl (C=O) groups excluding carboxylic acids is 1. The second kappa shape index (κ2) is 12.3. The van der Waals surface area contributed by atoms with E-state index >= 15 is 0 Å². The van der Waals surface area contributed by atoms with Gasteiger partial charge >= 0.3 is 5.97 Å². The van der Waals surface area contributed by atoms with Crippen LogP contribution in [0.3, 0.4) is 0 Å². The molecule has 0 aromatic heterocycles. The summed E-state index contributed by atoms with van der Waals surface area (Å²) in [6.07, 6.45) is 9.46. The molecule has 0 bridgehead atoms. The number of hydrogen-bond donors (Lipinski definition) is 2. The molecular weight excluding hydrogens is 302 g/mol. The molecule has 4 heteroatoms. The molecule has 0 rings (SSSR count). The zero-order valence-electron chi connectivity index (χ0n) is 16.3. The van der Waals surface area contributed by atoms with Crippen LogP contribution in [0.4, 0.5) is 0 Å². The summed E-state index contributed by atoms with van der Waals surface area (Å²) in [5.41, 5.74) is 4.40. The number of carboxylic acids is 1. The Kier molecular flexibility index (Phi) is 11.8. The van der Waals surface area contributed by atoms with Gasteiger partial charge in [0.2, 0.25) is 5.91 Å². The zero-order chi connectivity index (χ0) is 18.6. The molecule has 0 heterocycles. The fourth-order valence-corrected chi connectivity index (χ4v) is 3.31. The summed E-state index contributed by atoms with van der Waals surface area (Å²) in [5.74, 6) is 0.0115. The number of carboxylic acid groups (broad SMARTS) is 1. The van der Waals surface area contributed by atoms with Crippen LogP contribution in [0.5, 0.6) is 0 Å². The number of unbranched alkanes of at least 4 members (excludes halogenated alkanes) is 4. The third kappa shape index (κ3) is 10.7. The second-order valence-corrected chi connectivity index (χ2v) is 8.21. The molecule has 0 aromatic rings. The van der Waals surface area contributed by atoms with Crippen molar-refractivity contribution >= 4 is 11.9 Å². The maximum Gasteiger partial charge on any atom is 0.310 e. The van der Waals surface area contributed by atoms with E-state index in [9.17, 15) is 14.7 Å². The highest BCUT2D eigenvalue weighted by molar-refractivity contribution is 5.84. The first kappa shape index (κ1) is 22.9. The lowest BCUT2D eigenvalue weighted by atomic mass is 9.75. The van der Waals surface area contributed by atoms with Crippen molar-refractivity contribution in [2.24, 2.45) is 23.0 Å². The van der Waals surface area contributed by atoms with Crippen LogP contribution < -0.4 is 5.73 Å². The predicted octanol–water partition coefficient (Wildman–Crippen LogP) is 5.15. The topological polar surface area (TPSA) is 80.4 Å². The molecule has 142 valence electrons. The Morgan fingerprint density at radius 1 is 0.833 bits per heavy atom. The number of rotatable bonds is 15. The SMILES string of the molecule is CC(C)CCCCCC(CCCCCC(C)C)(CC(N)=O)C(=O)O. The Hall–Kier alpha value is -1.06. The van der Waals surface area contributed by atoms with Crippen LogP contribution in [0.2, 0.25) is 0 Å². The molecule has 0 aliphatic heterocycles. The second-order valence-electron chi connectivity index (χ2n) is 8.21. The van der Waals surface area contributed by atoms with Crippen molar-refractivity contribution in [3.63, 3.8) is 0 Å². The number of hydrogen-bond acceptors (Lipinski definition) is 2. The van der Waals surface area contributed by atoms with Crippen LogP contribution in [-0.2, 0) is 9.59 Å². The standard InChI is InChI=1S/C20H39NO3/c1-16(2)11-7-5-9-13-20(19(23)24,15-18(21)22)14-10-6-8-12-17(3)4/h16-17H,5-15H2,1-4H3,(H2,21,22)(H,23,24). The maximum absolute atomic E-state index is 11.9. The molecule has 0 saturated carbocycles. The number of amides is 1. The number of aliphatic carboxylic acids is 1. The summed E-state index contributed by atoms with van der Waals surface area (Å²) in [7, 11) is 0. The molecule has 0 atom stereocenters. The molecule has 3 N–H and O–H groups in total. The monoisotopic (exact) mass is 341 g/mol. The Bertz CT molecular complexity index is 346. The van der Waals surface area contributed by atoms with Crippen molar-refractivity contribution in [2.75, 3.05) is 0 Å². The van der Waals surface area contributed by atoms with Crippen LogP contribution in [0.25, 0.3) is 0 Å². The maximum atomic E-state index is 11.9. The first-order valence-corrected chi connectivity index (χ1v) is 9.71. The molecule has 0 saturated heterocycles. The quantitative estimate of drug-likeness (QED) is 0.404. The summed E-state index contributed by atoms with van der Waals surface area (Å²) < 4.78 is 0. The number of nitrogens with two attached hydrogens (primary N) is 1. The van der Waals surface area contributed by atoms with E-state index in [-0.39, 0.29) is 6.42 Å². The average molecular weight is 342 g/mol. The van der Waals surface area contributed by atoms with Gasteiger partial charge in [-0.15, -0.1) is 0 Å². The van der Waals surface area contributed by atoms with Gasteiger partial charge in [0.1, 0.15) is 0 Å². The Morgan fingerprint density at radius 2 is 1.25 bits per heavy atom. The van der Waals surface area contributed by atoms with Crippen LogP contribution >= 0.6 is 0 Å². The van der Waals surface area contributed by atoms with E-state index in [2.05, 4.69) is 27.7 Å². The Labute approximate surface area is 148 Å². The molecule has 1 amide bonds. The summed E-state index contributed by atoms with van der Waals surface area (Å²) in [6, 6.07) is 0. The predicted molar refractivity (Wildman–Crippen MR) is 99.7 cm³/mol. The smallest absolute Gasteiger partial charge is 0.310 e. The molecule has 24 heavy (non-hydrogen) atoms. The molecular formula is C20H39NO3. The Morgan fingerprint density at radius 3 is 1.54 bits per heavy atom. The van der Waals surface area contributed by atoms with Gasteiger partial charge in [0.25, 0.3) is 0 Å². The van der Waals surface area contributed by atoms with Gasteiger partial charge < -0.3 is 10.8 Å². The van der Waals surface area contributed by atoms with Gasteiger partial charge in [-0.3, -0.25) is 9.59 Å². The minimum absolute atomic E-state index is 0.0311. The number of carbonyl (C=O) groups is 2. The van der Waals surface area contributed by atoms with Crippen molar-refractivity contribution in [3.8, 4) is 0 Å². The van der Waals surface area contributed by atoms with E-state index in [0.29, 0.717) is 24.7 Å². The minimum Gasteiger partial charge on any atom is -0.481 e.